The number of nitrogens with one attached hydrogen (secondary N) is 1. The van der Waals surface area contributed by atoms with Gasteiger partial charge in [0.25, 0.3) is 5.91 Å². The lowest BCUT2D eigenvalue weighted by atomic mass is 10.1. The molecule has 0 bridgehead atoms. The Balaban J connectivity index is 1.67. The maximum absolute atomic E-state index is 12.7. The SMILES string of the molecule is CCCOc1ccc(N2C(=O)C[C@H](Nc3ccc(CC(=O)O)cc3)C2=O)cc1. The van der Waals surface area contributed by atoms with E-state index in [1.165, 1.54) is 4.90 Å². The van der Waals surface area contributed by atoms with E-state index in [4.69, 9.17) is 9.84 Å². The smallest absolute Gasteiger partial charge is 0.307 e. The first kappa shape index (κ1) is 19.4. The van der Waals surface area contributed by atoms with Crippen LogP contribution in [0.5, 0.6) is 5.75 Å². The van der Waals surface area contributed by atoms with E-state index in [0.717, 1.165) is 6.42 Å². The van der Waals surface area contributed by atoms with Gasteiger partial charge in [-0.15, -0.1) is 0 Å². The fraction of sp³-hybridized carbons (Fsp3) is 0.286. The fourth-order valence-electron chi connectivity index (χ4n) is 3.02. The van der Waals surface area contributed by atoms with Crippen LogP contribution in [0.25, 0.3) is 0 Å². The zero-order chi connectivity index (χ0) is 20.1. The Hall–Kier alpha value is -3.35. The number of carbonyl (C=O) groups is 3. The average molecular weight is 382 g/mol. The molecular weight excluding hydrogens is 360 g/mol. The Morgan fingerprint density at radius 2 is 1.82 bits per heavy atom. The van der Waals surface area contributed by atoms with Gasteiger partial charge in [-0.25, -0.2) is 4.90 Å². The van der Waals surface area contributed by atoms with Crippen molar-refractivity contribution in [3.8, 4) is 5.75 Å². The molecule has 1 heterocycles. The molecule has 1 atom stereocenters. The summed E-state index contributed by atoms with van der Waals surface area (Å²) >= 11 is 0. The zero-order valence-corrected chi connectivity index (χ0v) is 15.6. The van der Waals surface area contributed by atoms with Crippen molar-refractivity contribution >= 4 is 29.2 Å². The lowest BCUT2D eigenvalue weighted by Crippen LogP contribution is -2.34. The topological polar surface area (TPSA) is 95.9 Å². The van der Waals surface area contributed by atoms with Crippen LogP contribution in [0.2, 0.25) is 0 Å². The molecule has 0 saturated carbocycles. The first-order chi connectivity index (χ1) is 13.5. The van der Waals surface area contributed by atoms with Gasteiger partial charge in [0.2, 0.25) is 5.91 Å². The van der Waals surface area contributed by atoms with Crippen LogP contribution >= 0.6 is 0 Å². The molecule has 2 aromatic rings. The first-order valence-electron chi connectivity index (χ1n) is 9.15. The largest absolute Gasteiger partial charge is 0.494 e. The minimum absolute atomic E-state index is 0.0593. The number of imide groups is 1. The third-order valence-corrected chi connectivity index (χ3v) is 4.36. The van der Waals surface area contributed by atoms with E-state index in [2.05, 4.69) is 5.32 Å². The Kier molecular flexibility index (Phi) is 5.93. The Labute approximate surface area is 162 Å². The van der Waals surface area contributed by atoms with E-state index in [9.17, 15) is 14.4 Å². The predicted molar refractivity (Wildman–Crippen MR) is 105 cm³/mol. The van der Waals surface area contributed by atoms with Gasteiger partial charge < -0.3 is 15.2 Å². The maximum Gasteiger partial charge on any atom is 0.307 e. The lowest BCUT2D eigenvalue weighted by molar-refractivity contribution is -0.136. The van der Waals surface area contributed by atoms with Crippen LogP contribution in [0.15, 0.2) is 48.5 Å². The van der Waals surface area contributed by atoms with Gasteiger partial charge in [-0.2, -0.15) is 0 Å². The number of benzene rings is 2. The highest BCUT2D eigenvalue weighted by Crippen LogP contribution is 2.27. The van der Waals surface area contributed by atoms with Crippen molar-refractivity contribution < 1.29 is 24.2 Å². The summed E-state index contributed by atoms with van der Waals surface area (Å²) < 4.78 is 5.52. The van der Waals surface area contributed by atoms with Crippen LogP contribution in [0, 0.1) is 0 Å². The van der Waals surface area contributed by atoms with Crippen molar-refractivity contribution in [2.45, 2.75) is 32.2 Å². The molecule has 0 radical (unpaired) electrons. The number of amides is 2. The minimum Gasteiger partial charge on any atom is -0.494 e. The van der Waals surface area contributed by atoms with E-state index in [-0.39, 0.29) is 24.7 Å². The summed E-state index contributed by atoms with van der Waals surface area (Å²) in [5.74, 6) is -0.797. The van der Waals surface area contributed by atoms with Crippen LogP contribution in [-0.4, -0.2) is 35.5 Å². The summed E-state index contributed by atoms with van der Waals surface area (Å²) in [6.07, 6.45) is 0.895. The number of hydrogen-bond acceptors (Lipinski definition) is 5. The molecule has 2 aromatic carbocycles. The van der Waals surface area contributed by atoms with Gasteiger partial charge in [-0.05, 0) is 48.4 Å². The molecule has 0 unspecified atom stereocenters. The predicted octanol–water partition coefficient (Wildman–Crippen LogP) is 2.85. The summed E-state index contributed by atoms with van der Waals surface area (Å²) in [6, 6.07) is 13.0. The third kappa shape index (κ3) is 4.49. The van der Waals surface area contributed by atoms with Crippen LogP contribution < -0.4 is 15.0 Å². The molecule has 1 aliphatic heterocycles. The zero-order valence-electron chi connectivity index (χ0n) is 15.6. The van der Waals surface area contributed by atoms with E-state index in [0.29, 0.717) is 29.3 Å². The molecule has 7 heteroatoms. The maximum atomic E-state index is 12.7. The highest BCUT2D eigenvalue weighted by Gasteiger charge is 2.39. The van der Waals surface area contributed by atoms with Crippen molar-refractivity contribution in [1.29, 1.82) is 0 Å². The molecule has 2 N–H and O–H groups in total. The van der Waals surface area contributed by atoms with Crippen molar-refractivity contribution in [1.82, 2.24) is 0 Å². The van der Waals surface area contributed by atoms with Gasteiger partial charge in [-0.1, -0.05) is 19.1 Å². The van der Waals surface area contributed by atoms with Crippen LogP contribution in [0.3, 0.4) is 0 Å². The molecule has 1 fully saturated rings. The molecule has 1 aliphatic rings. The molecule has 146 valence electrons. The van der Waals surface area contributed by atoms with E-state index in [1.807, 2.05) is 6.92 Å². The number of anilines is 2. The highest BCUT2D eigenvalue weighted by molar-refractivity contribution is 6.23. The van der Waals surface area contributed by atoms with Gasteiger partial charge in [0.15, 0.2) is 0 Å². The molecule has 2 amide bonds. The molecule has 3 rings (SSSR count). The number of carboxylic acids is 1. The second-order valence-electron chi connectivity index (χ2n) is 6.58. The summed E-state index contributed by atoms with van der Waals surface area (Å²) in [6.45, 7) is 2.63. The van der Waals surface area contributed by atoms with Crippen LogP contribution in [-0.2, 0) is 20.8 Å². The number of carboxylic acid groups (broad SMARTS) is 1. The quantitative estimate of drug-likeness (QED) is 0.682. The monoisotopic (exact) mass is 382 g/mol. The fourth-order valence-corrected chi connectivity index (χ4v) is 3.02. The number of ether oxygens (including phenoxy) is 1. The third-order valence-electron chi connectivity index (χ3n) is 4.36. The Morgan fingerprint density at radius 3 is 2.43 bits per heavy atom. The molecule has 28 heavy (non-hydrogen) atoms. The molecule has 0 aromatic heterocycles. The molecule has 0 spiro atoms. The number of nitrogens with zero attached hydrogens (tertiary/aromatic N) is 1. The molecule has 0 aliphatic carbocycles. The number of rotatable bonds is 8. The molecule has 1 saturated heterocycles. The average Bonchev–Trinajstić information content (AvgIpc) is 2.95. The van der Waals surface area contributed by atoms with Crippen molar-refractivity contribution in [2.75, 3.05) is 16.8 Å². The highest BCUT2D eigenvalue weighted by atomic mass is 16.5. The Morgan fingerprint density at radius 1 is 1.14 bits per heavy atom. The lowest BCUT2D eigenvalue weighted by Gasteiger charge is -2.16. The van der Waals surface area contributed by atoms with Crippen LogP contribution in [0.4, 0.5) is 11.4 Å². The van der Waals surface area contributed by atoms with E-state index < -0.39 is 12.0 Å². The Bertz CT molecular complexity index is 861. The van der Waals surface area contributed by atoms with Crippen molar-refractivity contribution in [2.24, 2.45) is 0 Å². The van der Waals surface area contributed by atoms with Gasteiger partial charge in [-0.3, -0.25) is 14.4 Å². The van der Waals surface area contributed by atoms with Crippen molar-refractivity contribution in [3.63, 3.8) is 0 Å². The van der Waals surface area contributed by atoms with Crippen LogP contribution in [0.1, 0.15) is 25.3 Å². The number of aliphatic carboxylic acids is 1. The standard InChI is InChI=1S/C21H22N2O5/c1-2-11-28-17-9-7-16(8-10-17)23-19(24)13-18(21(23)27)22-15-5-3-14(4-6-15)12-20(25)26/h3-10,18,22H,2,11-13H2,1H3,(H,25,26)/t18-/m0/s1. The molecule has 7 nitrogen and oxygen atoms in total. The molecular formula is C21H22N2O5. The van der Waals surface area contributed by atoms with Gasteiger partial charge in [0.05, 0.1) is 25.1 Å². The second kappa shape index (κ2) is 8.56. The van der Waals surface area contributed by atoms with E-state index >= 15 is 0 Å². The van der Waals surface area contributed by atoms with E-state index in [1.54, 1.807) is 48.5 Å². The first-order valence-corrected chi connectivity index (χ1v) is 9.15. The summed E-state index contributed by atoms with van der Waals surface area (Å²) in [4.78, 5) is 37.0. The summed E-state index contributed by atoms with van der Waals surface area (Å²) in [5.41, 5.74) is 1.84. The second-order valence-corrected chi connectivity index (χ2v) is 6.58. The van der Waals surface area contributed by atoms with Gasteiger partial charge in [0, 0.05) is 5.69 Å². The van der Waals surface area contributed by atoms with Gasteiger partial charge in [0.1, 0.15) is 11.8 Å². The van der Waals surface area contributed by atoms with Gasteiger partial charge >= 0.3 is 5.97 Å². The summed E-state index contributed by atoms with van der Waals surface area (Å²) in [5, 5.41) is 11.9. The number of carbonyl (C=O) groups excluding carboxylic acids is 2. The van der Waals surface area contributed by atoms with Crippen molar-refractivity contribution in [3.05, 3.63) is 54.1 Å². The summed E-state index contributed by atoms with van der Waals surface area (Å²) in [7, 11) is 0. The number of hydrogen-bond donors (Lipinski definition) is 2. The normalized spacial score (nSPS) is 16.3. The minimum atomic E-state index is -0.904.